The van der Waals surface area contributed by atoms with Crippen LogP contribution in [0.5, 0.6) is 0 Å². The molecule has 0 aliphatic heterocycles. The van der Waals surface area contributed by atoms with Gasteiger partial charge in [-0.1, -0.05) is 13.8 Å². The summed E-state index contributed by atoms with van der Waals surface area (Å²) in [5.74, 6) is -0.185. The summed E-state index contributed by atoms with van der Waals surface area (Å²) in [6, 6.07) is 0. The molecule has 5 nitrogen and oxygen atoms in total. The molecule has 0 spiro atoms. The van der Waals surface area contributed by atoms with Gasteiger partial charge in [0.05, 0.1) is 12.7 Å². The first-order chi connectivity index (χ1) is 6.40. The topological polar surface area (TPSA) is 95.9 Å². The fraction of sp³-hybridized carbons (Fsp3) is 1.00. The van der Waals surface area contributed by atoms with Crippen molar-refractivity contribution in [2.75, 3.05) is 20.3 Å². The maximum atomic E-state index is 9.95. The van der Waals surface area contributed by atoms with Crippen molar-refractivity contribution in [2.24, 2.45) is 11.7 Å². The molecule has 1 unspecified atom stereocenters. The molecule has 0 saturated carbocycles. The third kappa shape index (κ3) is 2.90. The second-order valence-corrected chi connectivity index (χ2v) is 3.86. The zero-order chi connectivity index (χ0) is 11.4. The van der Waals surface area contributed by atoms with Crippen LogP contribution in [0.4, 0.5) is 0 Å². The van der Waals surface area contributed by atoms with Gasteiger partial charge >= 0.3 is 0 Å². The molecule has 0 radical (unpaired) electrons. The molecule has 5 heteroatoms. The van der Waals surface area contributed by atoms with E-state index in [1.165, 1.54) is 7.11 Å². The first-order valence-corrected chi connectivity index (χ1v) is 4.67. The third-order valence-electron chi connectivity index (χ3n) is 2.37. The van der Waals surface area contributed by atoms with E-state index < -0.39 is 17.8 Å². The molecular formula is C9H21NO4. The van der Waals surface area contributed by atoms with Gasteiger partial charge in [0, 0.05) is 13.7 Å². The standard InChI is InChI=1S/C9H21NO4/c1-6(2)8(12)9(13,5-10)7(11)4-14-3/h6-8,11-13H,4-5,10H2,1-3H3/t7-,8?,9+/m0/s1. The van der Waals surface area contributed by atoms with E-state index in [9.17, 15) is 15.3 Å². The summed E-state index contributed by atoms with van der Waals surface area (Å²) in [6.45, 7) is 3.21. The largest absolute Gasteiger partial charge is 0.390 e. The molecule has 86 valence electrons. The summed E-state index contributed by atoms with van der Waals surface area (Å²) in [4.78, 5) is 0. The smallest absolute Gasteiger partial charge is 0.131 e. The van der Waals surface area contributed by atoms with Crippen LogP contribution in [0.2, 0.25) is 0 Å². The Labute approximate surface area is 84.5 Å². The highest BCUT2D eigenvalue weighted by atomic mass is 16.5. The Kier molecular flexibility index (Phi) is 5.54. The van der Waals surface area contributed by atoms with Crippen LogP contribution in [0.3, 0.4) is 0 Å². The quantitative estimate of drug-likeness (QED) is 0.434. The number of nitrogens with two attached hydrogens (primary N) is 1. The number of rotatable bonds is 6. The van der Waals surface area contributed by atoms with E-state index >= 15 is 0 Å². The zero-order valence-electron chi connectivity index (χ0n) is 8.97. The maximum absolute atomic E-state index is 9.95. The van der Waals surface area contributed by atoms with Gasteiger partial charge in [0.15, 0.2) is 0 Å². The van der Waals surface area contributed by atoms with Gasteiger partial charge in [-0.15, -0.1) is 0 Å². The zero-order valence-corrected chi connectivity index (χ0v) is 8.97. The molecule has 0 aromatic carbocycles. The summed E-state index contributed by atoms with van der Waals surface area (Å²) in [5.41, 5.74) is 3.65. The molecule has 14 heavy (non-hydrogen) atoms. The van der Waals surface area contributed by atoms with Crippen molar-refractivity contribution < 1.29 is 20.1 Å². The summed E-state index contributed by atoms with van der Waals surface area (Å²) in [5, 5.41) is 29.2. The molecule has 0 amide bonds. The Bertz CT molecular complexity index is 165. The van der Waals surface area contributed by atoms with E-state index in [1.54, 1.807) is 13.8 Å². The van der Waals surface area contributed by atoms with Gasteiger partial charge in [0.1, 0.15) is 11.7 Å². The predicted molar refractivity (Wildman–Crippen MR) is 52.7 cm³/mol. The molecule has 0 aliphatic carbocycles. The Balaban J connectivity index is 4.59. The number of methoxy groups -OCH3 is 1. The minimum atomic E-state index is -1.70. The van der Waals surface area contributed by atoms with Crippen LogP contribution in [0.1, 0.15) is 13.8 Å². The summed E-state index contributed by atoms with van der Waals surface area (Å²) in [6.07, 6.45) is -2.26. The second kappa shape index (κ2) is 5.63. The van der Waals surface area contributed by atoms with E-state index in [4.69, 9.17) is 10.5 Å². The lowest BCUT2D eigenvalue weighted by molar-refractivity contribution is -0.166. The first kappa shape index (κ1) is 13.8. The predicted octanol–water partition coefficient (Wildman–Crippen LogP) is -1.30. The summed E-state index contributed by atoms with van der Waals surface area (Å²) >= 11 is 0. The maximum Gasteiger partial charge on any atom is 0.131 e. The van der Waals surface area contributed by atoms with Gasteiger partial charge in [0.25, 0.3) is 0 Å². The minimum absolute atomic E-state index is 0.0581. The van der Waals surface area contributed by atoms with Gasteiger partial charge in [-0.2, -0.15) is 0 Å². The third-order valence-corrected chi connectivity index (χ3v) is 2.37. The van der Waals surface area contributed by atoms with E-state index in [0.717, 1.165) is 0 Å². The van der Waals surface area contributed by atoms with Crippen molar-refractivity contribution in [3.63, 3.8) is 0 Å². The second-order valence-electron chi connectivity index (χ2n) is 3.86. The average molecular weight is 207 g/mol. The summed E-state index contributed by atoms with van der Waals surface area (Å²) < 4.78 is 4.70. The average Bonchev–Trinajstić information content (AvgIpc) is 2.15. The number of ether oxygens (including phenoxy) is 1. The minimum Gasteiger partial charge on any atom is -0.390 e. The van der Waals surface area contributed by atoms with Gasteiger partial charge in [-0.25, -0.2) is 0 Å². The fourth-order valence-electron chi connectivity index (χ4n) is 1.33. The van der Waals surface area contributed by atoms with Crippen LogP contribution in [-0.4, -0.2) is 53.4 Å². The molecule has 0 heterocycles. The molecule has 5 N–H and O–H groups in total. The van der Waals surface area contributed by atoms with E-state index in [-0.39, 0.29) is 19.1 Å². The Morgan fingerprint density at radius 1 is 1.36 bits per heavy atom. The lowest BCUT2D eigenvalue weighted by Crippen LogP contribution is -2.60. The van der Waals surface area contributed by atoms with Gasteiger partial charge in [-0.3, -0.25) is 0 Å². The Morgan fingerprint density at radius 2 is 1.86 bits per heavy atom. The van der Waals surface area contributed by atoms with Crippen molar-refractivity contribution in [1.82, 2.24) is 0 Å². The lowest BCUT2D eigenvalue weighted by atomic mass is 9.84. The molecular weight excluding hydrogens is 186 g/mol. The van der Waals surface area contributed by atoms with Gasteiger partial charge in [0.2, 0.25) is 0 Å². The number of aliphatic hydroxyl groups excluding tert-OH is 2. The Hall–Kier alpha value is -0.200. The van der Waals surface area contributed by atoms with Crippen LogP contribution in [0, 0.1) is 5.92 Å². The SMILES string of the molecule is COC[C@H](O)[C@](O)(CN)C(O)C(C)C. The van der Waals surface area contributed by atoms with E-state index in [2.05, 4.69) is 0 Å². The number of hydrogen-bond acceptors (Lipinski definition) is 5. The molecule has 0 rings (SSSR count). The van der Waals surface area contributed by atoms with Crippen LogP contribution in [-0.2, 0) is 4.74 Å². The van der Waals surface area contributed by atoms with Crippen molar-refractivity contribution in [3.05, 3.63) is 0 Å². The van der Waals surface area contributed by atoms with E-state index in [1.807, 2.05) is 0 Å². The highest BCUT2D eigenvalue weighted by molar-refractivity contribution is 4.95. The number of hydrogen-bond donors (Lipinski definition) is 4. The molecule has 0 aliphatic rings. The van der Waals surface area contributed by atoms with Crippen molar-refractivity contribution in [1.29, 1.82) is 0 Å². The normalized spacial score (nSPS) is 20.6. The van der Waals surface area contributed by atoms with E-state index in [0.29, 0.717) is 0 Å². The van der Waals surface area contributed by atoms with Crippen LogP contribution in [0.15, 0.2) is 0 Å². The highest BCUT2D eigenvalue weighted by Gasteiger charge is 2.42. The van der Waals surface area contributed by atoms with Crippen LogP contribution < -0.4 is 5.73 Å². The molecule has 0 saturated heterocycles. The van der Waals surface area contributed by atoms with Crippen molar-refractivity contribution in [3.8, 4) is 0 Å². The van der Waals surface area contributed by atoms with Crippen LogP contribution >= 0.6 is 0 Å². The van der Waals surface area contributed by atoms with Crippen molar-refractivity contribution >= 4 is 0 Å². The van der Waals surface area contributed by atoms with Gasteiger partial charge < -0.3 is 25.8 Å². The van der Waals surface area contributed by atoms with Crippen LogP contribution in [0.25, 0.3) is 0 Å². The van der Waals surface area contributed by atoms with Gasteiger partial charge in [-0.05, 0) is 5.92 Å². The number of aliphatic hydroxyl groups is 3. The lowest BCUT2D eigenvalue weighted by Gasteiger charge is -2.37. The first-order valence-electron chi connectivity index (χ1n) is 4.67. The monoisotopic (exact) mass is 207 g/mol. The highest BCUT2D eigenvalue weighted by Crippen LogP contribution is 2.21. The molecule has 0 aromatic rings. The molecule has 0 fully saturated rings. The molecule has 0 bridgehead atoms. The van der Waals surface area contributed by atoms with Crippen molar-refractivity contribution in [2.45, 2.75) is 31.7 Å². The molecule has 3 atom stereocenters. The Morgan fingerprint density at radius 3 is 2.14 bits per heavy atom. The summed E-state index contributed by atoms with van der Waals surface area (Å²) in [7, 11) is 1.40. The fourth-order valence-corrected chi connectivity index (χ4v) is 1.33. The molecule has 0 aromatic heterocycles.